The molecule has 0 aliphatic heterocycles. The van der Waals surface area contributed by atoms with Crippen molar-refractivity contribution >= 4 is 5.97 Å². The molecular weight excluding hydrogens is 201 g/mol. The number of aryl methyl sites for hydroxylation is 1. The number of aromatic carboxylic acids is 1. The number of hydrogen-bond donors (Lipinski definition) is 1. The van der Waals surface area contributed by atoms with Gasteiger partial charge in [0.25, 0.3) is 0 Å². The maximum Gasteiger partial charge on any atom is 0.435 e. The fraction of sp³-hybridized carbons (Fsp3) is 0.429. The molecule has 78 valence electrons. The van der Waals surface area contributed by atoms with Crippen LogP contribution >= 0.6 is 0 Å². The van der Waals surface area contributed by atoms with Gasteiger partial charge in [0.2, 0.25) is 0 Å². The van der Waals surface area contributed by atoms with Gasteiger partial charge in [-0.05, 0) is 6.92 Å². The van der Waals surface area contributed by atoms with Gasteiger partial charge in [-0.1, -0.05) is 0 Å². The lowest BCUT2D eigenvalue weighted by molar-refractivity contribution is -0.141. The smallest absolute Gasteiger partial charge is 0.435 e. The second-order valence-corrected chi connectivity index (χ2v) is 2.72. The van der Waals surface area contributed by atoms with E-state index in [1.165, 1.54) is 14.0 Å². The maximum absolute atomic E-state index is 12.3. The molecule has 0 atom stereocenters. The van der Waals surface area contributed by atoms with E-state index in [2.05, 4.69) is 4.98 Å². The standard InChI is InChI=1S/C7H7F3N2O2/c1-3-11-5(7(8,9)10)4(6(13)14)12(3)2/h1-2H3,(H,13,14). The van der Waals surface area contributed by atoms with E-state index in [1.54, 1.807) is 0 Å². The molecule has 0 aliphatic rings. The zero-order valence-corrected chi connectivity index (χ0v) is 7.38. The SMILES string of the molecule is Cc1nc(C(F)(F)F)c(C(=O)O)n1C. The van der Waals surface area contributed by atoms with Crippen molar-refractivity contribution in [3.8, 4) is 0 Å². The van der Waals surface area contributed by atoms with E-state index in [9.17, 15) is 18.0 Å². The molecule has 1 heterocycles. The van der Waals surface area contributed by atoms with Gasteiger partial charge in [0, 0.05) is 7.05 Å². The summed E-state index contributed by atoms with van der Waals surface area (Å²) in [7, 11) is 1.22. The average molecular weight is 208 g/mol. The Hall–Kier alpha value is -1.53. The van der Waals surface area contributed by atoms with Crippen molar-refractivity contribution in [2.45, 2.75) is 13.1 Å². The molecule has 0 fully saturated rings. The highest BCUT2D eigenvalue weighted by molar-refractivity contribution is 5.87. The first-order chi connectivity index (χ1) is 6.25. The van der Waals surface area contributed by atoms with Crippen molar-refractivity contribution in [1.29, 1.82) is 0 Å². The number of carbonyl (C=O) groups is 1. The normalized spacial score (nSPS) is 11.8. The summed E-state index contributed by atoms with van der Waals surface area (Å²) in [4.78, 5) is 13.7. The third-order valence-corrected chi connectivity index (χ3v) is 1.79. The molecule has 1 aromatic rings. The summed E-state index contributed by atoms with van der Waals surface area (Å²) in [6.07, 6.45) is -4.74. The first-order valence-corrected chi connectivity index (χ1v) is 3.59. The summed E-state index contributed by atoms with van der Waals surface area (Å²) >= 11 is 0. The lowest BCUT2D eigenvalue weighted by atomic mass is 10.3. The van der Waals surface area contributed by atoms with Gasteiger partial charge in [0.1, 0.15) is 5.82 Å². The van der Waals surface area contributed by atoms with Crippen LogP contribution in [0.5, 0.6) is 0 Å². The molecule has 0 bridgehead atoms. The van der Waals surface area contributed by atoms with E-state index in [0.29, 0.717) is 0 Å². The quantitative estimate of drug-likeness (QED) is 0.759. The van der Waals surface area contributed by atoms with Gasteiger partial charge in [-0.15, -0.1) is 0 Å². The third-order valence-electron chi connectivity index (χ3n) is 1.79. The van der Waals surface area contributed by atoms with Gasteiger partial charge < -0.3 is 9.67 Å². The number of nitrogens with zero attached hydrogens (tertiary/aromatic N) is 2. The van der Waals surface area contributed by atoms with Crippen LogP contribution in [0.25, 0.3) is 0 Å². The number of carboxylic acid groups (broad SMARTS) is 1. The minimum absolute atomic E-state index is 0.00900. The van der Waals surface area contributed by atoms with Crippen LogP contribution in [-0.2, 0) is 13.2 Å². The first kappa shape index (κ1) is 10.6. The molecule has 0 aliphatic carbocycles. The predicted octanol–water partition coefficient (Wildman–Crippen LogP) is 1.45. The highest BCUT2D eigenvalue weighted by Crippen LogP contribution is 2.31. The maximum atomic E-state index is 12.3. The highest BCUT2D eigenvalue weighted by Gasteiger charge is 2.40. The van der Waals surface area contributed by atoms with Crippen molar-refractivity contribution in [1.82, 2.24) is 9.55 Å². The fourth-order valence-corrected chi connectivity index (χ4v) is 1.05. The third kappa shape index (κ3) is 1.57. The number of halogens is 3. The van der Waals surface area contributed by atoms with Crippen LogP contribution in [0.15, 0.2) is 0 Å². The lowest BCUT2D eigenvalue weighted by Crippen LogP contribution is -2.14. The summed E-state index contributed by atoms with van der Waals surface area (Å²) in [5.41, 5.74) is -2.19. The van der Waals surface area contributed by atoms with Gasteiger partial charge in [-0.25, -0.2) is 9.78 Å². The zero-order chi connectivity index (χ0) is 11.1. The molecule has 0 unspecified atom stereocenters. The highest BCUT2D eigenvalue weighted by atomic mass is 19.4. The number of carboxylic acids is 1. The Bertz CT molecular complexity index is 381. The Morgan fingerprint density at radius 2 is 2.00 bits per heavy atom. The Balaban J connectivity index is 3.45. The number of rotatable bonds is 1. The topological polar surface area (TPSA) is 55.1 Å². The number of hydrogen-bond acceptors (Lipinski definition) is 2. The largest absolute Gasteiger partial charge is 0.477 e. The van der Waals surface area contributed by atoms with Crippen LogP contribution in [0.1, 0.15) is 22.0 Å². The molecule has 0 amide bonds. The molecule has 0 aromatic carbocycles. The predicted molar refractivity (Wildman–Crippen MR) is 39.9 cm³/mol. The molecule has 1 aromatic heterocycles. The van der Waals surface area contributed by atoms with Crippen molar-refractivity contribution in [2.75, 3.05) is 0 Å². The average Bonchev–Trinajstić information content (AvgIpc) is 2.27. The Kier molecular flexibility index (Phi) is 2.26. The molecule has 14 heavy (non-hydrogen) atoms. The minimum Gasteiger partial charge on any atom is -0.477 e. The van der Waals surface area contributed by atoms with Crippen LogP contribution in [0.3, 0.4) is 0 Å². The van der Waals surface area contributed by atoms with Gasteiger partial charge in [0.15, 0.2) is 11.4 Å². The van der Waals surface area contributed by atoms with Crippen molar-refractivity contribution in [3.63, 3.8) is 0 Å². The summed E-state index contributed by atoms with van der Waals surface area (Å²) in [6, 6.07) is 0. The van der Waals surface area contributed by atoms with Crippen LogP contribution < -0.4 is 0 Å². The van der Waals surface area contributed by atoms with Crippen LogP contribution in [-0.4, -0.2) is 20.6 Å². The lowest BCUT2D eigenvalue weighted by Gasteiger charge is -2.04. The van der Waals surface area contributed by atoms with E-state index in [4.69, 9.17) is 5.11 Å². The number of aromatic nitrogens is 2. The van der Waals surface area contributed by atoms with E-state index < -0.39 is 23.5 Å². The Morgan fingerprint density at radius 1 is 1.50 bits per heavy atom. The van der Waals surface area contributed by atoms with E-state index in [0.717, 1.165) is 4.57 Å². The molecule has 4 nitrogen and oxygen atoms in total. The molecule has 0 spiro atoms. The fourth-order valence-electron chi connectivity index (χ4n) is 1.05. The van der Waals surface area contributed by atoms with Crippen LogP contribution in [0, 0.1) is 6.92 Å². The van der Waals surface area contributed by atoms with Crippen LogP contribution in [0.2, 0.25) is 0 Å². The summed E-state index contributed by atoms with van der Waals surface area (Å²) < 4.78 is 37.7. The minimum atomic E-state index is -4.74. The Morgan fingerprint density at radius 3 is 2.29 bits per heavy atom. The molecule has 0 radical (unpaired) electrons. The van der Waals surface area contributed by atoms with Gasteiger partial charge >= 0.3 is 12.1 Å². The molecule has 7 heteroatoms. The second-order valence-electron chi connectivity index (χ2n) is 2.72. The summed E-state index contributed by atoms with van der Waals surface area (Å²) in [5.74, 6) is -1.63. The van der Waals surface area contributed by atoms with Crippen molar-refractivity contribution in [3.05, 3.63) is 17.2 Å². The monoisotopic (exact) mass is 208 g/mol. The second kappa shape index (κ2) is 3.00. The summed E-state index contributed by atoms with van der Waals surface area (Å²) in [6.45, 7) is 1.31. The van der Waals surface area contributed by atoms with E-state index in [-0.39, 0.29) is 5.82 Å². The number of alkyl halides is 3. The van der Waals surface area contributed by atoms with Crippen molar-refractivity contribution < 1.29 is 23.1 Å². The van der Waals surface area contributed by atoms with Gasteiger partial charge in [-0.2, -0.15) is 13.2 Å². The molecule has 1 rings (SSSR count). The van der Waals surface area contributed by atoms with Gasteiger partial charge in [-0.3, -0.25) is 0 Å². The van der Waals surface area contributed by atoms with E-state index in [1.807, 2.05) is 0 Å². The Labute approximate surface area is 77.0 Å². The van der Waals surface area contributed by atoms with Crippen LogP contribution in [0.4, 0.5) is 13.2 Å². The molecular formula is C7H7F3N2O2. The molecule has 0 saturated heterocycles. The first-order valence-electron chi connectivity index (χ1n) is 3.59. The van der Waals surface area contributed by atoms with Gasteiger partial charge in [0.05, 0.1) is 0 Å². The molecule has 1 N–H and O–H groups in total. The zero-order valence-electron chi connectivity index (χ0n) is 7.38. The number of imidazole rings is 1. The molecule has 0 saturated carbocycles. The van der Waals surface area contributed by atoms with E-state index >= 15 is 0 Å². The van der Waals surface area contributed by atoms with Crippen molar-refractivity contribution in [2.24, 2.45) is 7.05 Å². The summed E-state index contributed by atoms with van der Waals surface area (Å²) in [5, 5.41) is 8.56.